The van der Waals surface area contributed by atoms with Gasteiger partial charge >= 0.3 is 0 Å². The molecule has 1 aliphatic heterocycles. The lowest BCUT2D eigenvalue weighted by Gasteiger charge is -2.55. The monoisotopic (exact) mass is 593 g/mol. The molecule has 2 amide bonds. The van der Waals surface area contributed by atoms with Crippen LogP contribution >= 0.6 is 0 Å². The molecule has 6 aromatic rings. The standard InChI is InChI=1S/C37H31N5O3/c1-22(2)30-18-31-38-19-25-17-29(23-9-5-4-6-10-23)32(39-33(25)42(31)40-30)24-13-15-26(16-14-24)37(20-36(3,45)21-37)41-34(43)27-11-7-8-12-28(27)35(41)44/h4-19,22,45H,20-21H2,1-3H3. The first-order valence-corrected chi connectivity index (χ1v) is 15.2. The molecule has 4 heterocycles. The summed E-state index contributed by atoms with van der Waals surface area (Å²) in [7, 11) is 0. The molecule has 2 aliphatic rings. The van der Waals surface area contributed by atoms with Crippen LogP contribution in [0, 0.1) is 0 Å². The van der Waals surface area contributed by atoms with E-state index in [2.05, 4.69) is 37.0 Å². The number of nitrogens with zero attached hydrogens (tertiary/aromatic N) is 5. The molecule has 8 heteroatoms. The molecule has 8 nitrogen and oxygen atoms in total. The van der Waals surface area contributed by atoms with Crippen molar-refractivity contribution >= 4 is 28.5 Å². The summed E-state index contributed by atoms with van der Waals surface area (Å²) in [5.74, 6) is -0.398. The second-order valence-electron chi connectivity index (χ2n) is 12.9. The Kier molecular flexibility index (Phi) is 5.86. The van der Waals surface area contributed by atoms with E-state index in [-0.39, 0.29) is 30.6 Å². The van der Waals surface area contributed by atoms with Crippen molar-refractivity contribution in [3.63, 3.8) is 0 Å². The van der Waals surface area contributed by atoms with Gasteiger partial charge in [-0.25, -0.2) is 9.97 Å². The average Bonchev–Trinajstić information content (AvgIpc) is 3.59. The van der Waals surface area contributed by atoms with E-state index in [0.29, 0.717) is 16.8 Å². The van der Waals surface area contributed by atoms with Crippen LogP contribution in [-0.4, -0.2) is 47.0 Å². The Morgan fingerprint density at radius 3 is 2.07 bits per heavy atom. The number of pyridine rings is 1. The number of hydrogen-bond donors (Lipinski definition) is 1. The van der Waals surface area contributed by atoms with Gasteiger partial charge in [-0.3, -0.25) is 14.5 Å². The van der Waals surface area contributed by atoms with Crippen molar-refractivity contribution in [3.8, 4) is 22.4 Å². The van der Waals surface area contributed by atoms with Crippen LogP contribution in [0.5, 0.6) is 0 Å². The summed E-state index contributed by atoms with van der Waals surface area (Å²) in [5, 5.41) is 16.6. The summed E-state index contributed by atoms with van der Waals surface area (Å²) in [6.07, 6.45) is 2.37. The fourth-order valence-electron chi connectivity index (χ4n) is 7.11. The Morgan fingerprint density at radius 2 is 1.44 bits per heavy atom. The quantitative estimate of drug-likeness (QED) is 0.222. The third-order valence-electron chi connectivity index (χ3n) is 9.22. The van der Waals surface area contributed by atoms with Gasteiger partial charge in [0.25, 0.3) is 11.8 Å². The minimum atomic E-state index is -0.994. The van der Waals surface area contributed by atoms with E-state index in [1.165, 1.54) is 4.90 Å². The number of aromatic nitrogens is 4. The summed E-state index contributed by atoms with van der Waals surface area (Å²) in [5.41, 5.74) is 5.70. The first-order chi connectivity index (χ1) is 21.6. The summed E-state index contributed by atoms with van der Waals surface area (Å²) in [4.78, 5) is 38.4. The molecule has 0 radical (unpaired) electrons. The molecule has 0 unspecified atom stereocenters. The zero-order valence-corrected chi connectivity index (χ0v) is 25.2. The van der Waals surface area contributed by atoms with Crippen LogP contribution in [-0.2, 0) is 5.54 Å². The smallest absolute Gasteiger partial charge is 0.262 e. The minimum absolute atomic E-state index is 0.249. The molecule has 1 fully saturated rings. The van der Waals surface area contributed by atoms with Gasteiger partial charge in [0.2, 0.25) is 0 Å². The van der Waals surface area contributed by atoms with Gasteiger partial charge in [0.15, 0.2) is 11.3 Å². The normalized spacial score (nSPS) is 21.1. The molecule has 0 saturated heterocycles. The van der Waals surface area contributed by atoms with Gasteiger partial charge in [-0.1, -0.05) is 80.6 Å². The SMILES string of the molecule is CC(C)c1cc2ncc3cc(-c4ccccc4)c(-c4ccc(C5(N6C(=O)c7ccccc7C6=O)CC(C)(O)C5)cc4)nc3n2n1. The molecule has 0 spiro atoms. The molecule has 1 saturated carbocycles. The molecule has 3 aromatic heterocycles. The Balaban J connectivity index is 1.27. The lowest BCUT2D eigenvalue weighted by atomic mass is 9.61. The topological polar surface area (TPSA) is 101 Å². The van der Waals surface area contributed by atoms with E-state index in [1.54, 1.807) is 31.2 Å². The number of fused-ring (bicyclic) bond motifs is 4. The molecule has 222 valence electrons. The first kappa shape index (κ1) is 27.3. The molecular weight excluding hydrogens is 562 g/mol. The average molecular weight is 594 g/mol. The van der Waals surface area contributed by atoms with E-state index in [9.17, 15) is 14.7 Å². The number of imide groups is 1. The van der Waals surface area contributed by atoms with Crippen LogP contribution in [0.2, 0.25) is 0 Å². The summed E-state index contributed by atoms with van der Waals surface area (Å²) >= 11 is 0. The maximum atomic E-state index is 13.6. The van der Waals surface area contributed by atoms with Crippen molar-refractivity contribution in [2.24, 2.45) is 0 Å². The third-order valence-corrected chi connectivity index (χ3v) is 9.22. The van der Waals surface area contributed by atoms with Crippen molar-refractivity contribution in [2.45, 2.75) is 50.7 Å². The fraction of sp³-hybridized carbons (Fsp3) is 0.216. The van der Waals surface area contributed by atoms with Crippen LogP contribution in [0.4, 0.5) is 0 Å². The maximum absolute atomic E-state index is 13.6. The van der Waals surface area contributed by atoms with E-state index < -0.39 is 11.1 Å². The van der Waals surface area contributed by atoms with E-state index in [1.807, 2.05) is 59.2 Å². The van der Waals surface area contributed by atoms with Crippen LogP contribution in [0.25, 0.3) is 39.1 Å². The van der Waals surface area contributed by atoms with Crippen molar-refractivity contribution in [1.82, 2.24) is 24.5 Å². The van der Waals surface area contributed by atoms with Gasteiger partial charge in [-0.2, -0.15) is 9.61 Å². The van der Waals surface area contributed by atoms with Crippen LogP contribution < -0.4 is 0 Å². The maximum Gasteiger partial charge on any atom is 0.262 e. The molecule has 1 N–H and O–H groups in total. The fourth-order valence-corrected chi connectivity index (χ4v) is 7.11. The van der Waals surface area contributed by atoms with E-state index >= 15 is 0 Å². The highest BCUT2D eigenvalue weighted by Gasteiger charge is 2.60. The molecule has 0 atom stereocenters. The van der Waals surface area contributed by atoms with E-state index in [0.717, 1.165) is 44.7 Å². The highest BCUT2D eigenvalue weighted by Crippen LogP contribution is 2.54. The lowest BCUT2D eigenvalue weighted by Crippen LogP contribution is -2.63. The Bertz CT molecular complexity index is 2120. The van der Waals surface area contributed by atoms with E-state index in [4.69, 9.17) is 10.1 Å². The largest absolute Gasteiger partial charge is 0.390 e. The predicted molar refractivity (Wildman–Crippen MR) is 172 cm³/mol. The van der Waals surface area contributed by atoms with Crippen LogP contribution in [0.3, 0.4) is 0 Å². The molecular formula is C37H31N5O3. The zero-order chi connectivity index (χ0) is 31.1. The van der Waals surface area contributed by atoms with Gasteiger partial charge in [0.1, 0.15) is 0 Å². The second-order valence-corrected chi connectivity index (χ2v) is 12.9. The lowest BCUT2D eigenvalue weighted by molar-refractivity contribution is -0.118. The van der Waals surface area contributed by atoms with Crippen molar-refractivity contribution in [3.05, 3.63) is 120 Å². The molecule has 1 aliphatic carbocycles. The zero-order valence-electron chi connectivity index (χ0n) is 25.2. The predicted octanol–water partition coefficient (Wildman–Crippen LogP) is 6.77. The summed E-state index contributed by atoms with van der Waals surface area (Å²) in [6.45, 7) is 5.96. The van der Waals surface area contributed by atoms with Gasteiger partial charge < -0.3 is 5.11 Å². The number of rotatable bonds is 5. The molecule has 0 bridgehead atoms. The van der Waals surface area contributed by atoms with Crippen LogP contribution in [0.1, 0.15) is 71.5 Å². The number of amides is 2. The van der Waals surface area contributed by atoms with Crippen LogP contribution in [0.15, 0.2) is 97.2 Å². The Labute approximate surface area is 260 Å². The van der Waals surface area contributed by atoms with Gasteiger partial charge in [0.05, 0.1) is 33.7 Å². The second kappa shape index (κ2) is 9.64. The van der Waals surface area contributed by atoms with Crippen molar-refractivity contribution in [2.75, 3.05) is 0 Å². The molecule has 45 heavy (non-hydrogen) atoms. The number of carbonyl (C=O) groups excluding carboxylic acids is 2. The minimum Gasteiger partial charge on any atom is -0.390 e. The number of benzene rings is 3. The molecule has 8 rings (SSSR count). The van der Waals surface area contributed by atoms with Gasteiger partial charge in [0, 0.05) is 41.6 Å². The Morgan fingerprint density at radius 1 is 0.800 bits per heavy atom. The third kappa shape index (κ3) is 4.13. The van der Waals surface area contributed by atoms with Gasteiger partial charge in [-0.15, -0.1) is 0 Å². The number of carbonyl (C=O) groups is 2. The summed E-state index contributed by atoms with van der Waals surface area (Å²) < 4.78 is 1.81. The summed E-state index contributed by atoms with van der Waals surface area (Å²) in [6, 6.07) is 29.0. The van der Waals surface area contributed by atoms with Crippen molar-refractivity contribution < 1.29 is 14.7 Å². The highest BCUT2D eigenvalue weighted by molar-refractivity contribution is 6.22. The number of hydrogen-bond acceptors (Lipinski definition) is 6. The highest BCUT2D eigenvalue weighted by atomic mass is 16.3. The molecule has 3 aromatic carbocycles. The number of aliphatic hydroxyl groups is 1. The first-order valence-electron chi connectivity index (χ1n) is 15.2. The van der Waals surface area contributed by atoms with Crippen molar-refractivity contribution in [1.29, 1.82) is 0 Å². The Hall–Kier alpha value is -5.21. The van der Waals surface area contributed by atoms with Gasteiger partial charge in [-0.05, 0) is 42.2 Å².